The highest BCUT2D eigenvalue weighted by atomic mass is 16.4. The number of amides is 2. The van der Waals surface area contributed by atoms with Crippen LogP contribution in [-0.2, 0) is 4.79 Å². The normalized spacial score (nSPS) is 15.1. The van der Waals surface area contributed by atoms with E-state index in [1.807, 2.05) is 13.8 Å². The first-order valence-electron chi connectivity index (χ1n) is 7.81. The standard InChI is InChI=1S/C17H22N2O4/c1-10(2)9-14(17(22)23)19-16(21)12-5-3-11(4-6-12)15(20)18-13-7-8-13/h3-6,10,13-14H,7-9H2,1-2H3,(H,18,20)(H,19,21)(H,22,23). The Morgan fingerprint density at radius 3 is 2.04 bits per heavy atom. The lowest BCUT2D eigenvalue weighted by Gasteiger charge is -2.16. The zero-order chi connectivity index (χ0) is 17.0. The monoisotopic (exact) mass is 318 g/mol. The van der Waals surface area contributed by atoms with Gasteiger partial charge in [-0.05, 0) is 49.4 Å². The second-order valence-corrected chi connectivity index (χ2v) is 6.32. The van der Waals surface area contributed by atoms with E-state index in [0.29, 0.717) is 17.5 Å². The summed E-state index contributed by atoms with van der Waals surface area (Å²) in [5, 5.41) is 14.5. The van der Waals surface area contributed by atoms with Crippen molar-refractivity contribution in [3.63, 3.8) is 0 Å². The zero-order valence-electron chi connectivity index (χ0n) is 13.3. The summed E-state index contributed by atoms with van der Waals surface area (Å²) in [6.45, 7) is 3.80. The van der Waals surface area contributed by atoms with Gasteiger partial charge in [-0.2, -0.15) is 0 Å². The van der Waals surface area contributed by atoms with Gasteiger partial charge in [0.05, 0.1) is 0 Å². The van der Waals surface area contributed by atoms with Crippen LogP contribution in [0.25, 0.3) is 0 Å². The van der Waals surface area contributed by atoms with E-state index in [9.17, 15) is 14.4 Å². The maximum atomic E-state index is 12.1. The third kappa shape index (κ3) is 5.09. The van der Waals surface area contributed by atoms with Crippen molar-refractivity contribution < 1.29 is 19.5 Å². The SMILES string of the molecule is CC(C)CC(NC(=O)c1ccc(C(=O)NC2CC2)cc1)C(=O)O. The van der Waals surface area contributed by atoms with Gasteiger partial charge >= 0.3 is 5.97 Å². The molecule has 3 N–H and O–H groups in total. The first kappa shape index (κ1) is 17.0. The Labute approximate surface area is 135 Å². The Kier molecular flexibility index (Phi) is 5.36. The first-order valence-corrected chi connectivity index (χ1v) is 7.81. The lowest BCUT2D eigenvalue weighted by molar-refractivity contribution is -0.139. The summed E-state index contributed by atoms with van der Waals surface area (Å²) in [6.07, 6.45) is 2.39. The summed E-state index contributed by atoms with van der Waals surface area (Å²) in [7, 11) is 0. The van der Waals surface area contributed by atoms with Gasteiger partial charge in [-0.25, -0.2) is 4.79 Å². The Bertz CT molecular complexity index is 591. The molecule has 124 valence electrons. The summed E-state index contributed by atoms with van der Waals surface area (Å²) >= 11 is 0. The van der Waals surface area contributed by atoms with Crippen LogP contribution in [-0.4, -0.2) is 35.0 Å². The van der Waals surface area contributed by atoms with Gasteiger partial charge in [0.1, 0.15) is 6.04 Å². The number of nitrogens with one attached hydrogen (secondary N) is 2. The largest absolute Gasteiger partial charge is 0.480 e. The van der Waals surface area contributed by atoms with Crippen LogP contribution in [0.3, 0.4) is 0 Å². The van der Waals surface area contributed by atoms with Crippen molar-refractivity contribution in [2.75, 3.05) is 0 Å². The molecule has 6 heteroatoms. The second kappa shape index (κ2) is 7.26. The molecule has 1 aliphatic rings. The predicted octanol–water partition coefficient (Wildman–Crippen LogP) is 1.81. The van der Waals surface area contributed by atoms with Crippen LogP contribution in [0.2, 0.25) is 0 Å². The molecule has 0 aromatic heterocycles. The molecule has 1 aliphatic carbocycles. The van der Waals surface area contributed by atoms with Crippen molar-refractivity contribution in [1.29, 1.82) is 0 Å². The van der Waals surface area contributed by atoms with E-state index in [1.165, 1.54) is 12.1 Å². The highest BCUT2D eigenvalue weighted by molar-refractivity contribution is 5.99. The van der Waals surface area contributed by atoms with E-state index >= 15 is 0 Å². The van der Waals surface area contributed by atoms with E-state index in [4.69, 9.17) is 5.11 Å². The Balaban J connectivity index is 1.98. The van der Waals surface area contributed by atoms with Gasteiger partial charge < -0.3 is 15.7 Å². The number of rotatable bonds is 7. The topological polar surface area (TPSA) is 95.5 Å². The van der Waals surface area contributed by atoms with Gasteiger partial charge in [-0.3, -0.25) is 9.59 Å². The van der Waals surface area contributed by atoms with Crippen LogP contribution in [0.4, 0.5) is 0 Å². The van der Waals surface area contributed by atoms with E-state index in [-0.39, 0.29) is 17.9 Å². The average Bonchev–Trinajstić information content (AvgIpc) is 3.30. The molecular weight excluding hydrogens is 296 g/mol. The summed E-state index contributed by atoms with van der Waals surface area (Å²) in [5.41, 5.74) is 0.827. The Morgan fingerprint density at radius 1 is 1.09 bits per heavy atom. The van der Waals surface area contributed by atoms with Crippen LogP contribution in [0.15, 0.2) is 24.3 Å². The fourth-order valence-electron chi connectivity index (χ4n) is 2.20. The second-order valence-electron chi connectivity index (χ2n) is 6.32. The van der Waals surface area contributed by atoms with Crippen LogP contribution in [0, 0.1) is 5.92 Å². The Hall–Kier alpha value is -2.37. The predicted molar refractivity (Wildman–Crippen MR) is 85.3 cm³/mol. The molecule has 1 atom stereocenters. The number of carbonyl (C=O) groups is 3. The highest BCUT2D eigenvalue weighted by Gasteiger charge is 2.24. The molecule has 2 rings (SSSR count). The van der Waals surface area contributed by atoms with E-state index < -0.39 is 17.9 Å². The lowest BCUT2D eigenvalue weighted by atomic mass is 10.0. The minimum atomic E-state index is -1.05. The molecular formula is C17H22N2O4. The summed E-state index contributed by atoms with van der Waals surface area (Å²) in [6, 6.07) is 5.57. The molecule has 1 aromatic carbocycles. The molecule has 6 nitrogen and oxygen atoms in total. The van der Waals surface area contributed by atoms with Crippen molar-refractivity contribution in [3.05, 3.63) is 35.4 Å². The first-order chi connectivity index (χ1) is 10.9. The van der Waals surface area contributed by atoms with Gasteiger partial charge in [0, 0.05) is 17.2 Å². The van der Waals surface area contributed by atoms with E-state index in [2.05, 4.69) is 10.6 Å². The van der Waals surface area contributed by atoms with Crippen LogP contribution in [0.1, 0.15) is 53.8 Å². The molecule has 1 fully saturated rings. The smallest absolute Gasteiger partial charge is 0.326 e. The van der Waals surface area contributed by atoms with Gasteiger partial charge in [0.15, 0.2) is 0 Å². The third-order valence-corrected chi connectivity index (χ3v) is 3.63. The minimum Gasteiger partial charge on any atom is -0.480 e. The number of carboxylic acid groups (broad SMARTS) is 1. The number of carboxylic acids is 1. The van der Waals surface area contributed by atoms with Crippen molar-refractivity contribution in [2.45, 2.75) is 45.2 Å². The molecule has 1 saturated carbocycles. The number of benzene rings is 1. The quantitative estimate of drug-likeness (QED) is 0.714. The van der Waals surface area contributed by atoms with Crippen LogP contribution >= 0.6 is 0 Å². The zero-order valence-corrected chi connectivity index (χ0v) is 13.3. The van der Waals surface area contributed by atoms with Gasteiger partial charge in [0.25, 0.3) is 11.8 Å². The molecule has 1 aromatic rings. The fourth-order valence-corrected chi connectivity index (χ4v) is 2.20. The van der Waals surface area contributed by atoms with Gasteiger partial charge in [-0.1, -0.05) is 13.8 Å². The van der Waals surface area contributed by atoms with Crippen molar-refractivity contribution in [3.8, 4) is 0 Å². The van der Waals surface area contributed by atoms with Gasteiger partial charge in [-0.15, -0.1) is 0 Å². The number of carbonyl (C=O) groups excluding carboxylic acids is 2. The van der Waals surface area contributed by atoms with Crippen LogP contribution < -0.4 is 10.6 Å². The minimum absolute atomic E-state index is 0.150. The molecule has 0 aliphatic heterocycles. The average molecular weight is 318 g/mol. The van der Waals surface area contributed by atoms with Crippen molar-refractivity contribution in [2.24, 2.45) is 5.92 Å². The van der Waals surface area contributed by atoms with Crippen LogP contribution in [0.5, 0.6) is 0 Å². The molecule has 0 radical (unpaired) electrons. The number of hydrogen-bond donors (Lipinski definition) is 3. The molecule has 23 heavy (non-hydrogen) atoms. The molecule has 2 amide bonds. The van der Waals surface area contributed by atoms with Crippen molar-refractivity contribution >= 4 is 17.8 Å². The summed E-state index contributed by atoms with van der Waals surface area (Å²) in [5.74, 6) is -1.49. The molecule has 0 bridgehead atoms. The number of hydrogen-bond acceptors (Lipinski definition) is 3. The Morgan fingerprint density at radius 2 is 1.61 bits per heavy atom. The summed E-state index contributed by atoms with van der Waals surface area (Å²) in [4.78, 5) is 35.2. The van der Waals surface area contributed by atoms with E-state index in [0.717, 1.165) is 12.8 Å². The van der Waals surface area contributed by atoms with Gasteiger partial charge in [0.2, 0.25) is 0 Å². The molecule has 1 unspecified atom stereocenters. The fraction of sp³-hybridized carbons (Fsp3) is 0.471. The van der Waals surface area contributed by atoms with E-state index in [1.54, 1.807) is 12.1 Å². The molecule has 0 heterocycles. The van der Waals surface area contributed by atoms with Crippen molar-refractivity contribution in [1.82, 2.24) is 10.6 Å². The summed E-state index contributed by atoms with van der Waals surface area (Å²) < 4.78 is 0. The lowest BCUT2D eigenvalue weighted by Crippen LogP contribution is -2.41. The third-order valence-electron chi connectivity index (χ3n) is 3.63. The maximum absolute atomic E-state index is 12.1. The maximum Gasteiger partial charge on any atom is 0.326 e. The molecule has 0 spiro atoms. The highest BCUT2D eigenvalue weighted by Crippen LogP contribution is 2.19. The molecule has 0 saturated heterocycles. The number of aliphatic carboxylic acids is 1.